The zero-order chi connectivity index (χ0) is 13.4. The Bertz CT molecular complexity index is 420. The number of esters is 2. The molecule has 0 spiro atoms. The van der Waals surface area contributed by atoms with Gasteiger partial charge in [0, 0.05) is 12.2 Å². The minimum Gasteiger partial charge on any atom is -0.427 e. The van der Waals surface area contributed by atoms with Crippen LogP contribution in [0.1, 0.15) is 0 Å². The van der Waals surface area contributed by atoms with Crippen LogP contribution in [0.5, 0.6) is 0 Å². The van der Waals surface area contributed by atoms with Crippen LogP contribution >= 0.6 is 0 Å². The molecule has 1 rings (SSSR count). The molecule has 0 atom stereocenters. The van der Waals surface area contributed by atoms with E-state index >= 15 is 0 Å². The Morgan fingerprint density at radius 2 is 1.56 bits per heavy atom. The lowest BCUT2D eigenvalue weighted by atomic mass is 10.4. The minimum atomic E-state index is -1.08. The van der Waals surface area contributed by atoms with Gasteiger partial charge >= 0.3 is 11.9 Å². The zero-order valence-electron chi connectivity index (χ0n) is 9.87. The van der Waals surface area contributed by atoms with Crippen LogP contribution in [0.2, 0.25) is 0 Å². The highest BCUT2D eigenvalue weighted by Crippen LogP contribution is 1.97. The molecule has 1 aromatic rings. The molecule has 4 nitrogen and oxygen atoms in total. The van der Waals surface area contributed by atoms with E-state index in [9.17, 15) is 9.59 Å². The van der Waals surface area contributed by atoms with Gasteiger partial charge in [-0.05, 0) is 0 Å². The summed E-state index contributed by atoms with van der Waals surface area (Å²) in [5.41, 5.74) is 0. The molecule has 0 aliphatic rings. The molecule has 0 radical (unpaired) electrons. The van der Waals surface area contributed by atoms with Crippen molar-refractivity contribution in [1.29, 1.82) is 0 Å². The van der Waals surface area contributed by atoms with Gasteiger partial charge in [0.05, 0.1) is 0 Å². The molecule has 0 aliphatic heterocycles. The quantitative estimate of drug-likeness (QED) is 0.318. The van der Waals surface area contributed by atoms with E-state index < -0.39 is 27.4 Å². The average molecular weight is 262 g/mol. The van der Waals surface area contributed by atoms with Gasteiger partial charge in [0.25, 0.3) is 0 Å². The highest BCUT2D eigenvalue weighted by atomic mass is 28.2. The van der Waals surface area contributed by atoms with Gasteiger partial charge in [0.1, 0.15) is 0 Å². The van der Waals surface area contributed by atoms with E-state index in [0.717, 1.165) is 17.3 Å². The summed E-state index contributed by atoms with van der Waals surface area (Å²) in [5, 5.41) is 1.02. The van der Waals surface area contributed by atoms with Gasteiger partial charge in [0.2, 0.25) is 5.91 Å². The van der Waals surface area contributed by atoms with Gasteiger partial charge < -0.3 is 9.47 Å². The van der Waals surface area contributed by atoms with Gasteiger partial charge in [-0.15, -0.1) is 0 Å². The Hall–Kier alpha value is -2.14. The normalized spacial score (nSPS) is 10.3. The summed E-state index contributed by atoms with van der Waals surface area (Å²) in [7, 11) is -1.08. The molecular formula is C13H14O4Si. The number of hydrogen-bond donors (Lipinski definition) is 0. The van der Waals surface area contributed by atoms with Crippen molar-refractivity contribution >= 4 is 26.6 Å². The van der Waals surface area contributed by atoms with Crippen molar-refractivity contribution in [2.24, 2.45) is 0 Å². The third-order valence-corrected chi connectivity index (χ3v) is 3.68. The Kier molecular flexibility index (Phi) is 5.60. The van der Waals surface area contributed by atoms with Crippen molar-refractivity contribution in [3.05, 3.63) is 55.6 Å². The summed E-state index contributed by atoms with van der Waals surface area (Å²) < 4.78 is 9.98. The maximum atomic E-state index is 11.1. The highest BCUT2D eigenvalue weighted by Gasteiger charge is 2.17. The largest absolute Gasteiger partial charge is 0.427 e. The third-order valence-electron chi connectivity index (χ3n) is 2.07. The summed E-state index contributed by atoms with van der Waals surface area (Å²) in [5.74, 6) is -2.07. The fraction of sp³-hybridized carbons (Fsp3) is 0.0769. The first-order valence-electron chi connectivity index (χ1n) is 5.35. The molecule has 1 aromatic carbocycles. The third kappa shape index (κ3) is 4.79. The van der Waals surface area contributed by atoms with E-state index in [0.29, 0.717) is 0 Å². The van der Waals surface area contributed by atoms with Crippen LogP contribution in [-0.2, 0) is 19.1 Å². The molecule has 0 bridgehead atoms. The molecule has 0 saturated carbocycles. The number of carbonyl (C=O) groups is 2. The molecule has 0 heterocycles. The first-order chi connectivity index (χ1) is 8.65. The van der Waals surface area contributed by atoms with Crippen LogP contribution in [0.15, 0.2) is 55.6 Å². The minimum absolute atomic E-state index is 0.611. The van der Waals surface area contributed by atoms with E-state index in [-0.39, 0.29) is 0 Å². The molecule has 0 N–H and O–H groups in total. The molecule has 94 valence electrons. The van der Waals surface area contributed by atoms with Crippen LogP contribution in [0.4, 0.5) is 0 Å². The number of ether oxygens (including phenoxy) is 2. The lowest BCUT2D eigenvalue weighted by molar-refractivity contribution is -0.167. The Morgan fingerprint density at radius 3 is 2.00 bits per heavy atom. The fourth-order valence-electron chi connectivity index (χ4n) is 1.27. The second-order valence-electron chi connectivity index (χ2n) is 3.40. The number of hydrogen-bond acceptors (Lipinski definition) is 4. The first-order valence-corrected chi connectivity index (χ1v) is 6.88. The van der Waals surface area contributed by atoms with E-state index in [1.807, 2.05) is 30.3 Å². The summed E-state index contributed by atoms with van der Waals surface area (Å²) in [6, 6.07) is 9.46. The van der Waals surface area contributed by atoms with Crippen molar-refractivity contribution in [1.82, 2.24) is 0 Å². The zero-order valence-corrected chi connectivity index (χ0v) is 11.3. The van der Waals surface area contributed by atoms with Crippen LogP contribution < -0.4 is 5.19 Å². The predicted molar refractivity (Wildman–Crippen MR) is 71.0 cm³/mol. The summed E-state index contributed by atoms with van der Waals surface area (Å²) >= 11 is 0. The summed E-state index contributed by atoms with van der Waals surface area (Å²) in [6.07, 6.45) is 2.07. The van der Waals surface area contributed by atoms with Crippen molar-refractivity contribution in [3.8, 4) is 0 Å². The van der Waals surface area contributed by atoms with E-state index in [4.69, 9.17) is 9.47 Å². The van der Waals surface area contributed by atoms with Crippen LogP contribution in [0.3, 0.4) is 0 Å². The SMILES string of the molecule is C=CC(=O)OC(OC(=O)C=C)[SiH2]c1ccccc1. The number of carbonyl (C=O) groups excluding carboxylic acids is 2. The Balaban J connectivity index is 2.70. The predicted octanol–water partition coefficient (Wildman–Crippen LogP) is 0.223. The van der Waals surface area contributed by atoms with Crippen LogP contribution in [-0.4, -0.2) is 27.4 Å². The molecule has 0 saturated heterocycles. The number of benzene rings is 1. The smallest absolute Gasteiger partial charge is 0.332 e. The summed E-state index contributed by atoms with van der Waals surface area (Å²) in [4.78, 5) is 22.3. The first kappa shape index (κ1) is 13.9. The molecular weight excluding hydrogens is 248 g/mol. The lowest BCUT2D eigenvalue weighted by Gasteiger charge is -2.16. The van der Waals surface area contributed by atoms with Crippen molar-refractivity contribution in [3.63, 3.8) is 0 Å². The van der Waals surface area contributed by atoms with Gasteiger partial charge in [-0.25, -0.2) is 9.59 Å². The van der Waals surface area contributed by atoms with E-state index in [1.54, 1.807) is 0 Å². The maximum Gasteiger partial charge on any atom is 0.332 e. The monoisotopic (exact) mass is 262 g/mol. The van der Waals surface area contributed by atoms with Crippen LogP contribution in [0, 0.1) is 0 Å². The van der Waals surface area contributed by atoms with Gasteiger partial charge in [-0.1, -0.05) is 48.7 Å². The molecule has 5 heteroatoms. The second kappa shape index (κ2) is 7.23. The highest BCUT2D eigenvalue weighted by molar-refractivity contribution is 6.54. The molecule has 0 unspecified atom stereocenters. The standard InChI is InChI=1S/C13H14O4Si/c1-3-11(14)16-13(17-12(15)4-2)18-10-8-6-5-7-9-10/h3-9,13H,1-2,18H2. The van der Waals surface area contributed by atoms with Crippen molar-refractivity contribution in [2.45, 2.75) is 5.91 Å². The Morgan fingerprint density at radius 1 is 1.06 bits per heavy atom. The van der Waals surface area contributed by atoms with Gasteiger partial charge in [0.15, 0.2) is 9.52 Å². The van der Waals surface area contributed by atoms with Gasteiger partial charge in [-0.2, -0.15) is 0 Å². The average Bonchev–Trinajstić information content (AvgIpc) is 2.39. The maximum absolute atomic E-state index is 11.1. The molecule has 0 amide bonds. The van der Waals surface area contributed by atoms with Crippen LogP contribution in [0.25, 0.3) is 0 Å². The molecule has 18 heavy (non-hydrogen) atoms. The number of rotatable bonds is 6. The molecule has 0 aromatic heterocycles. The molecule has 0 aliphatic carbocycles. The van der Waals surface area contributed by atoms with Crippen molar-refractivity contribution in [2.75, 3.05) is 0 Å². The van der Waals surface area contributed by atoms with Crippen molar-refractivity contribution < 1.29 is 19.1 Å². The summed E-state index contributed by atoms with van der Waals surface area (Å²) in [6.45, 7) is 6.60. The molecule has 0 fully saturated rings. The topological polar surface area (TPSA) is 52.6 Å². The fourth-order valence-corrected chi connectivity index (χ4v) is 2.69. The Labute approximate surface area is 108 Å². The van der Waals surface area contributed by atoms with E-state index in [1.165, 1.54) is 0 Å². The second-order valence-corrected chi connectivity index (χ2v) is 5.29. The van der Waals surface area contributed by atoms with Gasteiger partial charge in [-0.3, -0.25) is 0 Å². The lowest BCUT2D eigenvalue weighted by Crippen LogP contribution is -2.35. The van der Waals surface area contributed by atoms with E-state index in [2.05, 4.69) is 13.2 Å².